The van der Waals surface area contributed by atoms with Crippen molar-refractivity contribution in [2.45, 2.75) is 32.9 Å². The molecule has 25 heavy (non-hydrogen) atoms. The summed E-state index contributed by atoms with van der Waals surface area (Å²) >= 11 is 0. The zero-order valence-electron chi connectivity index (χ0n) is 14.0. The highest BCUT2D eigenvalue weighted by atomic mass is 16.6. The maximum absolute atomic E-state index is 12.3. The highest BCUT2D eigenvalue weighted by Crippen LogP contribution is 2.24. The Morgan fingerprint density at radius 3 is 2.60 bits per heavy atom. The Bertz CT molecular complexity index is 927. The fourth-order valence-electron chi connectivity index (χ4n) is 2.26. The molecule has 0 aliphatic carbocycles. The Kier molecular flexibility index (Phi) is 4.74. The first-order chi connectivity index (χ1) is 11.6. The van der Waals surface area contributed by atoms with Crippen LogP contribution < -0.4 is 10.9 Å². The number of nitrogens with one attached hydrogen (secondary N) is 1. The maximum Gasteiger partial charge on any atom is 0.285 e. The Morgan fingerprint density at radius 1 is 1.36 bits per heavy atom. The van der Waals surface area contributed by atoms with Gasteiger partial charge in [-0.3, -0.25) is 24.3 Å². The number of amides is 1. The molecule has 0 aliphatic rings. The fourth-order valence-corrected chi connectivity index (χ4v) is 2.26. The van der Waals surface area contributed by atoms with Crippen LogP contribution in [0.4, 0.5) is 11.5 Å². The molecule has 0 aromatic carbocycles. The summed E-state index contributed by atoms with van der Waals surface area (Å²) in [5.41, 5.74) is -0.792. The summed E-state index contributed by atoms with van der Waals surface area (Å²) in [6.07, 6.45) is 2.64. The number of rotatable bonds is 4. The van der Waals surface area contributed by atoms with Gasteiger partial charge in [0.2, 0.25) is 5.91 Å². The Hall–Kier alpha value is -3.41. The van der Waals surface area contributed by atoms with Gasteiger partial charge < -0.3 is 9.88 Å². The summed E-state index contributed by atoms with van der Waals surface area (Å²) in [5, 5.41) is 22.5. The minimum Gasteiger partial charge on any atom is -0.328 e. The van der Waals surface area contributed by atoms with Crippen LogP contribution in [0.3, 0.4) is 0 Å². The van der Waals surface area contributed by atoms with Crippen molar-refractivity contribution in [1.82, 2.24) is 9.13 Å². The van der Waals surface area contributed by atoms with Crippen molar-refractivity contribution in [3.05, 3.63) is 56.6 Å². The number of nitro groups is 1. The molecule has 1 amide bonds. The third kappa shape index (κ3) is 4.11. The molecule has 1 N–H and O–H groups in total. The van der Waals surface area contributed by atoms with Crippen molar-refractivity contribution in [1.29, 1.82) is 5.26 Å². The third-order valence-electron chi connectivity index (χ3n) is 3.43. The van der Waals surface area contributed by atoms with Crippen molar-refractivity contribution in [3.8, 4) is 6.07 Å². The molecule has 0 spiro atoms. The number of carbonyl (C=O) groups excluding carboxylic acids is 1. The van der Waals surface area contributed by atoms with Crippen LogP contribution in [0.15, 0.2) is 35.4 Å². The van der Waals surface area contributed by atoms with Gasteiger partial charge in [0.25, 0.3) is 11.2 Å². The minimum atomic E-state index is -0.641. The lowest BCUT2D eigenvalue weighted by Gasteiger charge is -2.24. The molecular formula is C16H17N5O4. The van der Waals surface area contributed by atoms with Crippen LogP contribution in [0.25, 0.3) is 0 Å². The summed E-state index contributed by atoms with van der Waals surface area (Å²) in [6, 6.07) is 5.66. The molecule has 2 aromatic rings. The normalized spacial score (nSPS) is 11.0. The molecule has 2 rings (SSSR count). The molecule has 130 valence electrons. The second-order valence-electron chi connectivity index (χ2n) is 6.43. The second-order valence-corrected chi connectivity index (χ2v) is 6.43. The van der Waals surface area contributed by atoms with Crippen molar-refractivity contribution in [2.75, 3.05) is 5.32 Å². The summed E-state index contributed by atoms with van der Waals surface area (Å²) < 4.78 is 2.70. The molecule has 9 heteroatoms. The highest BCUT2D eigenvalue weighted by molar-refractivity contribution is 5.90. The molecule has 0 bridgehead atoms. The monoisotopic (exact) mass is 343 g/mol. The topological polar surface area (TPSA) is 123 Å². The molecule has 0 saturated carbocycles. The number of carbonyl (C=O) groups is 1. The molecule has 0 radical (unpaired) electrons. The van der Waals surface area contributed by atoms with Gasteiger partial charge in [0.15, 0.2) is 0 Å². The molecule has 2 heterocycles. The molecule has 0 fully saturated rings. The van der Waals surface area contributed by atoms with E-state index in [2.05, 4.69) is 5.32 Å². The van der Waals surface area contributed by atoms with Gasteiger partial charge in [-0.1, -0.05) is 0 Å². The van der Waals surface area contributed by atoms with Crippen LogP contribution in [-0.2, 0) is 16.9 Å². The number of pyridine rings is 1. The van der Waals surface area contributed by atoms with E-state index in [1.807, 2.05) is 26.8 Å². The number of anilines is 1. The predicted molar refractivity (Wildman–Crippen MR) is 90.1 cm³/mol. The molecular weight excluding hydrogens is 326 g/mol. The molecule has 9 nitrogen and oxygen atoms in total. The van der Waals surface area contributed by atoms with E-state index in [1.165, 1.54) is 6.07 Å². The number of nitriles is 1. The first-order valence-electron chi connectivity index (χ1n) is 7.39. The summed E-state index contributed by atoms with van der Waals surface area (Å²) in [7, 11) is 0. The average Bonchev–Trinajstić information content (AvgIpc) is 2.92. The second kappa shape index (κ2) is 6.60. The quantitative estimate of drug-likeness (QED) is 0.670. The highest BCUT2D eigenvalue weighted by Gasteiger charge is 2.19. The van der Waals surface area contributed by atoms with Crippen LogP contribution >= 0.6 is 0 Å². The zero-order valence-corrected chi connectivity index (χ0v) is 14.0. The SMILES string of the molecule is CC(C)(C)n1cc(C#N)cc1NC(=O)Cn1cc([N+](=O)[O-])ccc1=O. The van der Waals surface area contributed by atoms with Crippen molar-refractivity contribution >= 4 is 17.4 Å². The van der Waals surface area contributed by atoms with Crippen molar-refractivity contribution in [2.24, 2.45) is 0 Å². The summed E-state index contributed by atoms with van der Waals surface area (Å²) in [4.78, 5) is 34.2. The van der Waals surface area contributed by atoms with Gasteiger partial charge in [0.1, 0.15) is 18.4 Å². The Morgan fingerprint density at radius 2 is 2.04 bits per heavy atom. The van der Waals surface area contributed by atoms with E-state index in [4.69, 9.17) is 5.26 Å². The van der Waals surface area contributed by atoms with E-state index in [9.17, 15) is 19.7 Å². The van der Waals surface area contributed by atoms with Crippen LogP contribution in [0.2, 0.25) is 0 Å². The lowest BCUT2D eigenvalue weighted by atomic mass is 10.1. The summed E-state index contributed by atoms with van der Waals surface area (Å²) in [6.45, 7) is 5.36. The average molecular weight is 343 g/mol. The van der Waals surface area contributed by atoms with E-state index in [0.29, 0.717) is 11.4 Å². The lowest BCUT2D eigenvalue weighted by Crippen LogP contribution is -2.29. The minimum absolute atomic E-state index is 0.280. The molecule has 2 aromatic heterocycles. The largest absolute Gasteiger partial charge is 0.328 e. The first kappa shape index (κ1) is 17.9. The number of nitrogens with zero attached hydrogens (tertiary/aromatic N) is 4. The van der Waals surface area contributed by atoms with E-state index < -0.39 is 16.4 Å². The predicted octanol–water partition coefficient (Wildman–Crippen LogP) is 1.82. The molecule has 0 unspecified atom stereocenters. The first-order valence-corrected chi connectivity index (χ1v) is 7.39. The number of aromatic nitrogens is 2. The van der Waals surface area contributed by atoms with Gasteiger partial charge in [0.05, 0.1) is 16.7 Å². The smallest absolute Gasteiger partial charge is 0.285 e. The van der Waals surface area contributed by atoms with Crippen molar-refractivity contribution < 1.29 is 9.72 Å². The number of hydrogen-bond acceptors (Lipinski definition) is 5. The summed E-state index contributed by atoms with van der Waals surface area (Å²) in [5.74, 6) is -0.122. The van der Waals surface area contributed by atoms with Gasteiger partial charge in [-0.25, -0.2) is 0 Å². The maximum atomic E-state index is 12.3. The lowest BCUT2D eigenvalue weighted by molar-refractivity contribution is -0.385. The van der Waals surface area contributed by atoms with E-state index >= 15 is 0 Å². The van der Waals surface area contributed by atoms with Crippen LogP contribution in [0.5, 0.6) is 0 Å². The van der Waals surface area contributed by atoms with Crippen LogP contribution in [0, 0.1) is 21.4 Å². The zero-order chi connectivity index (χ0) is 18.8. The fraction of sp³-hybridized carbons (Fsp3) is 0.312. The molecule has 0 atom stereocenters. The van der Waals surface area contributed by atoms with E-state index in [1.54, 1.807) is 10.8 Å². The number of hydrogen-bond donors (Lipinski definition) is 1. The van der Waals surface area contributed by atoms with Crippen LogP contribution in [0.1, 0.15) is 26.3 Å². The van der Waals surface area contributed by atoms with Gasteiger partial charge in [-0.05, 0) is 26.8 Å². The molecule has 0 aliphatic heterocycles. The van der Waals surface area contributed by atoms with E-state index in [-0.39, 0.29) is 17.8 Å². The Labute approximate surface area is 143 Å². The van der Waals surface area contributed by atoms with E-state index in [0.717, 1.165) is 22.9 Å². The van der Waals surface area contributed by atoms with Crippen LogP contribution in [-0.4, -0.2) is 20.0 Å². The Balaban J connectivity index is 2.26. The van der Waals surface area contributed by atoms with Gasteiger partial charge in [-0.2, -0.15) is 5.26 Å². The van der Waals surface area contributed by atoms with Gasteiger partial charge >= 0.3 is 0 Å². The van der Waals surface area contributed by atoms with Crippen molar-refractivity contribution in [3.63, 3.8) is 0 Å². The molecule has 0 saturated heterocycles. The standard InChI is InChI=1S/C16H17N5O4/c1-16(2,3)20-8-11(7-17)6-13(20)18-14(22)10-19-9-12(21(24)25)4-5-15(19)23/h4-6,8-9H,10H2,1-3H3,(H,18,22). The van der Waals surface area contributed by atoms with Gasteiger partial charge in [-0.15, -0.1) is 0 Å². The third-order valence-corrected chi connectivity index (χ3v) is 3.43. The van der Waals surface area contributed by atoms with Gasteiger partial charge in [0, 0.05) is 23.9 Å².